The highest BCUT2D eigenvalue weighted by Crippen LogP contribution is 2.29. The molecular weight excluding hydrogens is 356 g/mol. The Hall–Kier alpha value is -2.11. The molecule has 0 bridgehead atoms. The number of benzene rings is 2. The third kappa shape index (κ3) is 4.11. The summed E-state index contributed by atoms with van der Waals surface area (Å²) in [7, 11) is 0. The minimum absolute atomic E-state index is 0.0376. The Morgan fingerprint density at radius 1 is 1.12 bits per heavy atom. The molecule has 1 atom stereocenters. The molecule has 0 aliphatic rings. The smallest absolute Gasteiger partial charge is 0.277 e. The maximum absolute atomic E-state index is 12.6. The highest BCUT2D eigenvalue weighted by Gasteiger charge is 2.20. The van der Waals surface area contributed by atoms with E-state index in [4.69, 9.17) is 16.0 Å². The number of thioether (sulfide) groups is 1. The normalized spacial score (nSPS) is 12.2. The first-order valence-corrected chi connectivity index (χ1v) is 9.07. The summed E-state index contributed by atoms with van der Waals surface area (Å²) in [5, 5.41) is 8.69. The van der Waals surface area contributed by atoms with Crippen LogP contribution in [-0.4, -0.2) is 21.2 Å². The van der Waals surface area contributed by atoms with Gasteiger partial charge in [0.25, 0.3) is 5.22 Å². The van der Waals surface area contributed by atoms with Gasteiger partial charge in [0.1, 0.15) is 0 Å². The summed E-state index contributed by atoms with van der Waals surface area (Å²) in [5.41, 5.74) is 3.71. The molecule has 25 heavy (non-hydrogen) atoms. The molecule has 128 valence electrons. The fraction of sp³-hybridized carbons (Fsp3) is 0.211. The number of aryl methyl sites for hydroxylation is 2. The lowest BCUT2D eigenvalue weighted by molar-refractivity contribution is 0.0993. The van der Waals surface area contributed by atoms with Crippen LogP contribution in [0.15, 0.2) is 52.1 Å². The van der Waals surface area contributed by atoms with Crippen LogP contribution in [0.1, 0.15) is 28.4 Å². The molecular formula is C19H17ClN2O2S. The van der Waals surface area contributed by atoms with Gasteiger partial charge in [-0.05, 0) is 56.2 Å². The van der Waals surface area contributed by atoms with E-state index in [0.717, 1.165) is 11.1 Å². The lowest BCUT2D eigenvalue weighted by atomic mass is 10.0. The van der Waals surface area contributed by atoms with Crippen LogP contribution in [0.5, 0.6) is 0 Å². The quantitative estimate of drug-likeness (QED) is 0.445. The molecule has 4 nitrogen and oxygen atoms in total. The van der Waals surface area contributed by atoms with Crippen molar-refractivity contribution in [3.63, 3.8) is 0 Å². The molecule has 0 saturated heterocycles. The summed E-state index contributed by atoms with van der Waals surface area (Å²) >= 11 is 7.23. The summed E-state index contributed by atoms with van der Waals surface area (Å²) in [6, 6.07) is 12.9. The van der Waals surface area contributed by atoms with E-state index in [1.54, 1.807) is 12.1 Å². The number of Topliss-reactive ketones (excluding diaryl/α,β-unsaturated/α-hetero) is 1. The SMILES string of the molecule is Cc1ccc(C(=O)[C@H](C)Sc2nnc(-c3cccc(Cl)c3)o2)cc1C. The Bertz CT molecular complexity index is 923. The molecule has 1 aromatic heterocycles. The van der Waals surface area contributed by atoms with Crippen LogP contribution in [0.4, 0.5) is 0 Å². The molecule has 0 fully saturated rings. The molecule has 1 heterocycles. The van der Waals surface area contributed by atoms with Gasteiger partial charge in [-0.2, -0.15) is 0 Å². The molecule has 0 spiro atoms. The second-order valence-corrected chi connectivity index (χ2v) is 7.54. The molecule has 0 radical (unpaired) electrons. The Morgan fingerprint density at radius 2 is 1.92 bits per heavy atom. The van der Waals surface area contributed by atoms with Crippen LogP contribution < -0.4 is 0 Å². The maximum Gasteiger partial charge on any atom is 0.277 e. The first-order valence-electron chi connectivity index (χ1n) is 7.81. The zero-order chi connectivity index (χ0) is 18.0. The van der Waals surface area contributed by atoms with E-state index in [0.29, 0.717) is 21.7 Å². The van der Waals surface area contributed by atoms with Gasteiger partial charge in [0, 0.05) is 16.1 Å². The predicted octanol–water partition coefficient (Wildman–Crippen LogP) is 5.37. The highest BCUT2D eigenvalue weighted by atomic mass is 35.5. The topological polar surface area (TPSA) is 56.0 Å². The molecule has 0 unspecified atom stereocenters. The van der Waals surface area contributed by atoms with Crippen LogP contribution in [0.3, 0.4) is 0 Å². The average molecular weight is 373 g/mol. The van der Waals surface area contributed by atoms with Crippen LogP contribution in [0.25, 0.3) is 11.5 Å². The van der Waals surface area contributed by atoms with E-state index in [-0.39, 0.29) is 11.0 Å². The van der Waals surface area contributed by atoms with E-state index < -0.39 is 0 Å². The summed E-state index contributed by atoms with van der Waals surface area (Å²) in [5.74, 6) is 0.423. The van der Waals surface area contributed by atoms with E-state index in [2.05, 4.69) is 10.2 Å². The van der Waals surface area contributed by atoms with Crippen LogP contribution in [-0.2, 0) is 0 Å². The number of ketones is 1. The van der Waals surface area contributed by atoms with E-state index >= 15 is 0 Å². The lowest BCUT2D eigenvalue weighted by Crippen LogP contribution is -2.13. The lowest BCUT2D eigenvalue weighted by Gasteiger charge is -2.09. The predicted molar refractivity (Wildman–Crippen MR) is 100 cm³/mol. The fourth-order valence-corrected chi connectivity index (χ4v) is 3.28. The van der Waals surface area contributed by atoms with Gasteiger partial charge in [-0.15, -0.1) is 10.2 Å². The number of hydrogen-bond donors (Lipinski definition) is 0. The van der Waals surface area contributed by atoms with Crippen LogP contribution in [0, 0.1) is 13.8 Å². The van der Waals surface area contributed by atoms with Gasteiger partial charge in [-0.25, -0.2) is 0 Å². The molecule has 2 aromatic carbocycles. The van der Waals surface area contributed by atoms with Crippen molar-refractivity contribution in [2.24, 2.45) is 0 Å². The van der Waals surface area contributed by atoms with Crippen LogP contribution >= 0.6 is 23.4 Å². The number of hydrogen-bond acceptors (Lipinski definition) is 5. The third-order valence-corrected chi connectivity index (χ3v) is 5.09. The first kappa shape index (κ1) is 17.7. The maximum atomic E-state index is 12.6. The molecule has 3 aromatic rings. The summed E-state index contributed by atoms with van der Waals surface area (Å²) in [4.78, 5) is 12.6. The largest absolute Gasteiger partial charge is 0.411 e. The van der Waals surface area contributed by atoms with E-state index in [9.17, 15) is 4.79 Å². The molecule has 0 saturated carbocycles. The Kier molecular flexibility index (Phi) is 5.25. The number of aromatic nitrogens is 2. The van der Waals surface area contributed by atoms with Gasteiger partial charge in [0.05, 0.1) is 5.25 Å². The number of nitrogens with zero attached hydrogens (tertiary/aromatic N) is 2. The molecule has 0 aliphatic carbocycles. The first-order chi connectivity index (χ1) is 11.9. The Labute approximate surface area is 155 Å². The van der Waals surface area contributed by atoms with Gasteiger partial charge < -0.3 is 4.42 Å². The molecule has 0 N–H and O–H groups in total. The molecule has 6 heteroatoms. The average Bonchev–Trinajstić information content (AvgIpc) is 3.05. The van der Waals surface area contributed by atoms with E-state index in [1.165, 1.54) is 17.3 Å². The van der Waals surface area contributed by atoms with Crippen LogP contribution in [0.2, 0.25) is 5.02 Å². The van der Waals surface area contributed by atoms with Crippen molar-refractivity contribution in [2.45, 2.75) is 31.2 Å². The number of halogens is 1. The van der Waals surface area contributed by atoms with Crippen molar-refractivity contribution in [1.82, 2.24) is 10.2 Å². The van der Waals surface area contributed by atoms with Crippen molar-refractivity contribution >= 4 is 29.1 Å². The molecule has 0 aliphatic heterocycles. The zero-order valence-electron chi connectivity index (χ0n) is 14.1. The van der Waals surface area contributed by atoms with Gasteiger partial charge in [0.2, 0.25) is 5.89 Å². The fourth-order valence-electron chi connectivity index (χ4n) is 2.33. The molecule has 3 rings (SSSR count). The summed E-state index contributed by atoms with van der Waals surface area (Å²) in [6.45, 7) is 5.86. The van der Waals surface area contributed by atoms with Gasteiger partial charge in [-0.1, -0.05) is 41.6 Å². The summed E-state index contributed by atoms with van der Waals surface area (Å²) < 4.78 is 5.65. The number of carbonyl (C=O) groups is 1. The Balaban J connectivity index is 1.74. The van der Waals surface area contributed by atoms with E-state index in [1.807, 2.05) is 51.1 Å². The summed E-state index contributed by atoms with van der Waals surface area (Å²) in [6.07, 6.45) is 0. The van der Waals surface area contributed by atoms with Gasteiger partial charge in [-0.3, -0.25) is 4.79 Å². The van der Waals surface area contributed by atoms with Crippen molar-refractivity contribution in [3.8, 4) is 11.5 Å². The minimum atomic E-state index is -0.324. The standard InChI is InChI=1S/C19H17ClN2O2S/c1-11-7-8-14(9-12(11)2)17(23)13(3)25-19-22-21-18(24-19)15-5-4-6-16(20)10-15/h4-10,13H,1-3H3/t13-/m0/s1. The van der Waals surface area contributed by atoms with Gasteiger partial charge >= 0.3 is 0 Å². The number of carbonyl (C=O) groups excluding carboxylic acids is 1. The van der Waals surface area contributed by atoms with Crippen molar-refractivity contribution in [3.05, 3.63) is 64.2 Å². The molecule has 0 amide bonds. The van der Waals surface area contributed by atoms with Crippen molar-refractivity contribution < 1.29 is 9.21 Å². The van der Waals surface area contributed by atoms with Gasteiger partial charge in [0.15, 0.2) is 5.78 Å². The second kappa shape index (κ2) is 7.42. The van der Waals surface area contributed by atoms with Crippen molar-refractivity contribution in [1.29, 1.82) is 0 Å². The third-order valence-electron chi connectivity index (χ3n) is 3.92. The highest BCUT2D eigenvalue weighted by molar-refractivity contribution is 8.00. The monoisotopic (exact) mass is 372 g/mol. The Morgan fingerprint density at radius 3 is 2.64 bits per heavy atom. The second-order valence-electron chi connectivity index (χ2n) is 5.81. The van der Waals surface area contributed by atoms with Crippen molar-refractivity contribution in [2.75, 3.05) is 0 Å². The number of rotatable bonds is 5. The zero-order valence-corrected chi connectivity index (χ0v) is 15.7. The minimum Gasteiger partial charge on any atom is -0.411 e.